The van der Waals surface area contributed by atoms with Crippen LogP contribution in [0.15, 0.2) is 24.3 Å². The van der Waals surface area contributed by atoms with Gasteiger partial charge in [0.05, 0.1) is 18.2 Å². The zero-order valence-corrected chi connectivity index (χ0v) is 11.1. The number of hydrogen-bond donors (Lipinski definition) is 2. The second-order valence-electron chi connectivity index (χ2n) is 5.19. The molecule has 1 aliphatic rings. The highest BCUT2D eigenvalue weighted by Gasteiger charge is 2.33. The molecule has 0 radical (unpaired) electrons. The van der Waals surface area contributed by atoms with Crippen molar-refractivity contribution >= 4 is 0 Å². The quantitative estimate of drug-likeness (QED) is 0.812. The van der Waals surface area contributed by atoms with Gasteiger partial charge in [-0.1, -0.05) is 12.1 Å². The summed E-state index contributed by atoms with van der Waals surface area (Å²) in [5.74, 6) is 0. The van der Waals surface area contributed by atoms with Crippen molar-refractivity contribution in [2.75, 3.05) is 26.4 Å². The fourth-order valence-electron chi connectivity index (χ4n) is 2.48. The fourth-order valence-corrected chi connectivity index (χ4v) is 2.48. The Kier molecular flexibility index (Phi) is 4.92. The number of nitrogens with one attached hydrogen (secondary N) is 1. The van der Waals surface area contributed by atoms with Crippen molar-refractivity contribution in [2.45, 2.75) is 19.4 Å². The number of nitriles is 1. The molecular weight excluding hydrogens is 240 g/mol. The van der Waals surface area contributed by atoms with Gasteiger partial charge in [-0.2, -0.15) is 5.26 Å². The minimum atomic E-state index is 0.0847. The number of aliphatic hydroxyl groups is 1. The summed E-state index contributed by atoms with van der Waals surface area (Å²) in [7, 11) is 0. The van der Waals surface area contributed by atoms with Crippen LogP contribution in [0.25, 0.3) is 0 Å². The summed E-state index contributed by atoms with van der Waals surface area (Å²) in [5, 5.41) is 21.3. The van der Waals surface area contributed by atoms with Crippen molar-refractivity contribution in [3.63, 3.8) is 0 Å². The highest BCUT2D eigenvalue weighted by Crippen LogP contribution is 2.31. The zero-order chi connectivity index (χ0) is 13.6. The van der Waals surface area contributed by atoms with Crippen LogP contribution in [0.5, 0.6) is 0 Å². The maximum Gasteiger partial charge on any atom is 0.0991 e. The Bertz CT molecular complexity index is 430. The van der Waals surface area contributed by atoms with Gasteiger partial charge in [0, 0.05) is 31.7 Å². The molecular formula is C15H20N2O2. The molecule has 1 aliphatic heterocycles. The van der Waals surface area contributed by atoms with Gasteiger partial charge in [-0.05, 0) is 30.5 Å². The van der Waals surface area contributed by atoms with E-state index in [4.69, 9.17) is 15.1 Å². The normalized spacial score (nSPS) is 22.3. The molecule has 1 saturated heterocycles. The van der Waals surface area contributed by atoms with E-state index < -0.39 is 0 Å². The van der Waals surface area contributed by atoms with Gasteiger partial charge in [-0.25, -0.2) is 0 Å². The molecule has 0 bridgehead atoms. The van der Waals surface area contributed by atoms with E-state index in [0.717, 1.165) is 44.7 Å². The third-order valence-corrected chi connectivity index (χ3v) is 3.74. The molecule has 4 nitrogen and oxygen atoms in total. The molecule has 1 unspecified atom stereocenters. The highest BCUT2D eigenvalue weighted by atomic mass is 16.5. The van der Waals surface area contributed by atoms with Crippen LogP contribution in [0.1, 0.15) is 24.0 Å². The van der Waals surface area contributed by atoms with Gasteiger partial charge in [0.1, 0.15) is 0 Å². The summed E-state index contributed by atoms with van der Waals surface area (Å²) in [5.41, 5.74) is 1.93. The summed E-state index contributed by atoms with van der Waals surface area (Å²) in [6, 6.07) is 9.71. The van der Waals surface area contributed by atoms with E-state index in [-0.39, 0.29) is 12.0 Å². The number of ether oxygens (including phenoxy) is 1. The maximum atomic E-state index is 9.15. The SMILES string of the molecule is N#Cc1ccc(CNCC2(CCO)CCOC2)cc1. The molecule has 4 heteroatoms. The molecule has 1 aromatic rings. The predicted octanol–water partition coefficient (Wildman–Crippen LogP) is 1.44. The van der Waals surface area contributed by atoms with Crippen LogP contribution in [-0.2, 0) is 11.3 Å². The lowest BCUT2D eigenvalue weighted by molar-refractivity contribution is 0.124. The summed E-state index contributed by atoms with van der Waals surface area (Å²) in [6.07, 6.45) is 1.79. The van der Waals surface area contributed by atoms with Crippen LogP contribution >= 0.6 is 0 Å². The summed E-state index contributed by atoms with van der Waals surface area (Å²) < 4.78 is 5.46. The molecule has 1 heterocycles. The van der Waals surface area contributed by atoms with E-state index in [2.05, 4.69) is 11.4 Å². The Labute approximate surface area is 114 Å². The number of hydrogen-bond acceptors (Lipinski definition) is 4. The minimum absolute atomic E-state index is 0.0847. The molecule has 1 aromatic carbocycles. The number of rotatable bonds is 6. The molecule has 1 fully saturated rings. The van der Waals surface area contributed by atoms with Crippen LogP contribution in [-0.4, -0.2) is 31.5 Å². The van der Waals surface area contributed by atoms with E-state index in [1.54, 1.807) is 0 Å². The summed E-state index contributed by atoms with van der Waals surface area (Å²) in [4.78, 5) is 0. The molecule has 0 spiro atoms. The monoisotopic (exact) mass is 260 g/mol. The van der Waals surface area contributed by atoms with Crippen LogP contribution < -0.4 is 5.32 Å². The lowest BCUT2D eigenvalue weighted by Gasteiger charge is -2.26. The smallest absolute Gasteiger partial charge is 0.0991 e. The van der Waals surface area contributed by atoms with E-state index in [1.165, 1.54) is 0 Å². The van der Waals surface area contributed by atoms with Crippen LogP contribution in [0.3, 0.4) is 0 Å². The van der Waals surface area contributed by atoms with Gasteiger partial charge in [-0.3, -0.25) is 0 Å². The second-order valence-corrected chi connectivity index (χ2v) is 5.19. The van der Waals surface area contributed by atoms with Gasteiger partial charge in [0.15, 0.2) is 0 Å². The summed E-state index contributed by atoms with van der Waals surface area (Å²) >= 11 is 0. The number of benzene rings is 1. The average molecular weight is 260 g/mol. The average Bonchev–Trinajstić information content (AvgIpc) is 2.89. The Morgan fingerprint density at radius 1 is 1.37 bits per heavy atom. The lowest BCUT2D eigenvalue weighted by atomic mass is 9.84. The number of nitrogens with zero attached hydrogens (tertiary/aromatic N) is 1. The minimum Gasteiger partial charge on any atom is -0.396 e. The van der Waals surface area contributed by atoms with Crippen molar-refractivity contribution in [2.24, 2.45) is 5.41 Å². The largest absolute Gasteiger partial charge is 0.396 e. The highest BCUT2D eigenvalue weighted by molar-refractivity contribution is 5.31. The van der Waals surface area contributed by atoms with Crippen molar-refractivity contribution < 1.29 is 9.84 Å². The van der Waals surface area contributed by atoms with Crippen LogP contribution in [0.4, 0.5) is 0 Å². The molecule has 0 saturated carbocycles. The van der Waals surface area contributed by atoms with E-state index in [0.29, 0.717) is 5.56 Å². The molecule has 2 N–H and O–H groups in total. The van der Waals surface area contributed by atoms with Gasteiger partial charge in [-0.15, -0.1) is 0 Å². The van der Waals surface area contributed by atoms with Crippen molar-refractivity contribution in [1.29, 1.82) is 5.26 Å². The molecule has 0 aliphatic carbocycles. The predicted molar refractivity (Wildman–Crippen MR) is 72.4 cm³/mol. The molecule has 1 atom stereocenters. The Morgan fingerprint density at radius 3 is 2.74 bits per heavy atom. The second kappa shape index (κ2) is 6.67. The van der Waals surface area contributed by atoms with E-state index in [1.807, 2.05) is 24.3 Å². The third kappa shape index (κ3) is 3.77. The Balaban J connectivity index is 1.83. The van der Waals surface area contributed by atoms with Crippen LogP contribution in [0.2, 0.25) is 0 Å². The first-order valence-corrected chi connectivity index (χ1v) is 6.66. The topological polar surface area (TPSA) is 65.3 Å². The van der Waals surface area contributed by atoms with Crippen LogP contribution in [0, 0.1) is 16.7 Å². The first-order valence-electron chi connectivity index (χ1n) is 6.66. The Hall–Kier alpha value is -1.41. The zero-order valence-electron chi connectivity index (χ0n) is 11.1. The maximum absolute atomic E-state index is 9.15. The van der Waals surface area contributed by atoms with Gasteiger partial charge >= 0.3 is 0 Å². The molecule has 0 amide bonds. The summed E-state index contributed by atoms with van der Waals surface area (Å²) in [6.45, 7) is 3.36. The Morgan fingerprint density at radius 2 is 2.16 bits per heavy atom. The first kappa shape index (κ1) is 14.0. The van der Waals surface area contributed by atoms with E-state index in [9.17, 15) is 0 Å². The van der Waals surface area contributed by atoms with Crippen molar-refractivity contribution in [1.82, 2.24) is 5.32 Å². The standard InChI is InChI=1S/C15H20N2O2/c16-9-13-1-3-14(4-2-13)10-17-11-15(5-7-18)6-8-19-12-15/h1-4,17-18H,5-8,10-12H2. The molecule has 0 aromatic heterocycles. The molecule has 2 rings (SSSR count). The third-order valence-electron chi connectivity index (χ3n) is 3.74. The van der Waals surface area contributed by atoms with Crippen molar-refractivity contribution in [3.05, 3.63) is 35.4 Å². The lowest BCUT2D eigenvalue weighted by Crippen LogP contribution is -2.35. The molecule has 19 heavy (non-hydrogen) atoms. The molecule has 102 valence electrons. The number of aliphatic hydroxyl groups excluding tert-OH is 1. The fraction of sp³-hybridized carbons (Fsp3) is 0.533. The first-order chi connectivity index (χ1) is 9.28. The van der Waals surface area contributed by atoms with Gasteiger partial charge in [0.2, 0.25) is 0 Å². The van der Waals surface area contributed by atoms with E-state index >= 15 is 0 Å². The van der Waals surface area contributed by atoms with Crippen molar-refractivity contribution in [3.8, 4) is 6.07 Å². The van der Waals surface area contributed by atoms with Gasteiger partial charge in [0.25, 0.3) is 0 Å². The van der Waals surface area contributed by atoms with Gasteiger partial charge < -0.3 is 15.2 Å².